The number of fused-ring (bicyclic) bond motifs is 1. The summed E-state index contributed by atoms with van der Waals surface area (Å²) < 4.78 is 12.7. The van der Waals surface area contributed by atoms with Crippen molar-refractivity contribution in [3.63, 3.8) is 0 Å². The summed E-state index contributed by atoms with van der Waals surface area (Å²) in [5.74, 6) is 1.23. The van der Waals surface area contributed by atoms with E-state index in [0.717, 1.165) is 22.4 Å². The fourth-order valence-electron chi connectivity index (χ4n) is 3.02. The second-order valence-electron chi connectivity index (χ2n) is 7.70. The van der Waals surface area contributed by atoms with Gasteiger partial charge in [-0.2, -0.15) is 5.10 Å². The maximum atomic E-state index is 12.2. The number of amides is 1. The summed E-state index contributed by atoms with van der Waals surface area (Å²) in [4.78, 5) is 21.5. The van der Waals surface area contributed by atoms with Crippen LogP contribution in [0.2, 0.25) is 0 Å². The lowest BCUT2D eigenvalue weighted by atomic mass is 10.2. The maximum absolute atomic E-state index is 12.2. The molecular weight excluding hydrogens is 440 g/mol. The van der Waals surface area contributed by atoms with E-state index in [9.17, 15) is 4.79 Å². The number of carbonyl (C=O) groups is 1. The van der Waals surface area contributed by atoms with Crippen molar-refractivity contribution in [2.75, 3.05) is 38.2 Å². The van der Waals surface area contributed by atoms with E-state index in [2.05, 4.69) is 34.6 Å². The lowest BCUT2D eigenvalue weighted by Gasteiger charge is -2.11. The molecule has 33 heavy (non-hydrogen) atoms. The first-order valence-corrected chi connectivity index (χ1v) is 12.0. The molecule has 0 aliphatic heterocycles. The summed E-state index contributed by atoms with van der Waals surface area (Å²) in [7, 11) is 0. The van der Waals surface area contributed by atoms with Gasteiger partial charge < -0.3 is 20.1 Å². The minimum absolute atomic E-state index is 0.0336. The van der Waals surface area contributed by atoms with Crippen molar-refractivity contribution < 1.29 is 14.3 Å². The SMILES string of the molecule is CCOCCNc1nc(SC(C)C)nc2c1cnn2CCNC(=O)COc1ccc(C)cc1. The van der Waals surface area contributed by atoms with E-state index in [1.807, 2.05) is 38.1 Å². The second kappa shape index (κ2) is 12.4. The Balaban J connectivity index is 1.60. The van der Waals surface area contributed by atoms with Crippen LogP contribution in [0.4, 0.5) is 5.82 Å². The Bertz CT molecular complexity index is 1040. The Morgan fingerprint density at radius 3 is 2.70 bits per heavy atom. The van der Waals surface area contributed by atoms with E-state index in [1.54, 1.807) is 22.6 Å². The van der Waals surface area contributed by atoms with Crippen molar-refractivity contribution in [3.05, 3.63) is 36.0 Å². The molecule has 1 amide bonds. The molecule has 0 spiro atoms. The molecule has 0 saturated carbocycles. The number of hydrogen-bond donors (Lipinski definition) is 2. The number of anilines is 1. The van der Waals surface area contributed by atoms with Crippen LogP contribution in [0, 0.1) is 6.92 Å². The van der Waals surface area contributed by atoms with E-state index in [-0.39, 0.29) is 12.5 Å². The Labute approximate surface area is 198 Å². The number of carbonyl (C=O) groups excluding carboxylic acids is 1. The normalized spacial score (nSPS) is 11.2. The molecule has 0 atom stereocenters. The fraction of sp³-hybridized carbons (Fsp3) is 0.478. The number of thioether (sulfide) groups is 1. The molecule has 0 unspecified atom stereocenters. The zero-order chi connectivity index (χ0) is 23.6. The average molecular weight is 473 g/mol. The van der Waals surface area contributed by atoms with Crippen LogP contribution >= 0.6 is 11.8 Å². The highest BCUT2D eigenvalue weighted by Gasteiger charge is 2.14. The third-order valence-corrected chi connectivity index (χ3v) is 5.46. The van der Waals surface area contributed by atoms with Crippen LogP contribution in [0.15, 0.2) is 35.6 Å². The zero-order valence-electron chi connectivity index (χ0n) is 19.6. The third kappa shape index (κ3) is 7.61. The molecule has 0 bridgehead atoms. The van der Waals surface area contributed by atoms with Gasteiger partial charge in [0.15, 0.2) is 17.4 Å². The lowest BCUT2D eigenvalue weighted by Crippen LogP contribution is -2.31. The summed E-state index contributed by atoms with van der Waals surface area (Å²) in [6, 6.07) is 7.60. The Hall–Kier alpha value is -2.85. The first-order chi connectivity index (χ1) is 16.0. The largest absolute Gasteiger partial charge is 0.484 e. The first kappa shape index (κ1) is 24.8. The molecule has 2 N–H and O–H groups in total. The van der Waals surface area contributed by atoms with Crippen LogP contribution in [0.3, 0.4) is 0 Å². The number of aromatic nitrogens is 4. The maximum Gasteiger partial charge on any atom is 0.258 e. The minimum atomic E-state index is -0.184. The fourth-order valence-corrected chi connectivity index (χ4v) is 3.72. The van der Waals surface area contributed by atoms with Crippen LogP contribution in [0.5, 0.6) is 5.75 Å². The number of rotatable bonds is 13. The van der Waals surface area contributed by atoms with Crippen molar-refractivity contribution in [1.29, 1.82) is 0 Å². The number of benzene rings is 1. The Morgan fingerprint density at radius 2 is 1.97 bits per heavy atom. The molecule has 1 aromatic carbocycles. The number of nitrogens with zero attached hydrogens (tertiary/aromatic N) is 4. The Kier molecular flexibility index (Phi) is 9.32. The predicted octanol–water partition coefficient (Wildman–Crippen LogP) is 3.28. The molecular formula is C23H32N6O3S. The van der Waals surface area contributed by atoms with Crippen LogP contribution in [0.25, 0.3) is 11.0 Å². The van der Waals surface area contributed by atoms with E-state index >= 15 is 0 Å². The van der Waals surface area contributed by atoms with Crippen LogP contribution in [-0.2, 0) is 16.1 Å². The lowest BCUT2D eigenvalue weighted by molar-refractivity contribution is -0.123. The molecule has 2 aromatic heterocycles. The molecule has 3 aromatic rings. The van der Waals surface area contributed by atoms with Gasteiger partial charge in [-0.25, -0.2) is 14.6 Å². The summed E-state index contributed by atoms with van der Waals surface area (Å²) in [6.45, 7) is 11.0. The molecule has 0 radical (unpaired) electrons. The standard InChI is InChI=1S/C23H32N6O3S/c1-5-31-13-11-25-21-19-14-26-29(22(19)28-23(27-21)33-16(2)3)12-10-24-20(30)15-32-18-8-6-17(4)7-9-18/h6-9,14,16H,5,10-13,15H2,1-4H3,(H,24,30)(H,25,27,28). The first-order valence-electron chi connectivity index (χ1n) is 11.1. The van der Waals surface area contributed by atoms with E-state index in [0.29, 0.717) is 49.0 Å². The zero-order valence-corrected chi connectivity index (χ0v) is 20.4. The van der Waals surface area contributed by atoms with Crippen LogP contribution in [-0.4, -0.2) is 63.8 Å². The number of aryl methyl sites for hydroxylation is 1. The van der Waals surface area contributed by atoms with Crippen molar-refractivity contribution >= 4 is 34.5 Å². The number of hydrogen-bond acceptors (Lipinski definition) is 8. The van der Waals surface area contributed by atoms with Gasteiger partial charge in [0, 0.05) is 24.9 Å². The van der Waals surface area contributed by atoms with Gasteiger partial charge in [0.2, 0.25) is 0 Å². The molecule has 3 rings (SSSR count). The van der Waals surface area contributed by atoms with E-state index < -0.39 is 0 Å². The van der Waals surface area contributed by atoms with Gasteiger partial charge in [-0.1, -0.05) is 43.3 Å². The van der Waals surface area contributed by atoms with Gasteiger partial charge in [0.05, 0.1) is 24.7 Å². The number of nitrogens with one attached hydrogen (secondary N) is 2. The molecule has 10 heteroatoms. The molecule has 0 fully saturated rings. The van der Waals surface area contributed by atoms with Crippen LogP contribution in [0.1, 0.15) is 26.3 Å². The summed E-state index contributed by atoms with van der Waals surface area (Å²) in [6.07, 6.45) is 1.75. The van der Waals surface area contributed by atoms with Crippen molar-refractivity contribution in [2.45, 2.75) is 44.6 Å². The van der Waals surface area contributed by atoms with Crippen molar-refractivity contribution in [2.24, 2.45) is 0 Å². The van der Waals surface area contributed by atoms with Gasteiger partial charge in [-0.3, -0.25) is 4.79 Å². The summed E-state index contributed by atoms with van der Waals surface area (Å²) >= 11 is 1.60. The monoisotopic (exact) mass is 472 g/mol. The van der Waals surface area contributed by atoms with Crippen LogP contribution < -0.4 is 15.4 Å². The second-order valence-corrected chi connectivity index (χ2v) is 9.25. The molecule has 9 nitrogen and oxygen atoms in total. The molecule has 178 valence electrons. The van der Waals surface area contributed by atoms with Gasteiger partial charge >= 0.3 is 0 Å². The van der Waals surface area contributed by atoms with Crippen molar-refractivity contribution in [3.8, 4) is 5.75 Å². The molecule has 0 saturated heterocycles. The van der Waals surface area contributed by atoms with Crippen molar-refractivity contribution in [1.82, 2.24) is 25.1 Å². The van der Waals surface area contributed by atoms with E-state index in [1.165, 1.54) is 0 Å². The predicted molar refractivity (Wildman–Crippen MR) is 131 cm³/mol. The van der Waals surface area contributed by atoms with Gasteiger partial charge in [0.25, 0.3) is 5.91 Å². The summed E-state index contributed by atoms with van der Waals surface area (Å²) in [5.41, 5.74) is 1.88. The van der Waals surface area contributed by atoms with Gasteiger partial charge in [-0.15, -0.1) is 0 Å². The Morgan fingerprint density at radius 1 is 1.18 bits per heavy atom. The highest BCUT2D eigenvalue weighted by atomic mass is 32.2. The summed E-state index contributed by atoms with van der Waals surface area (Å²) in [5, 5.41) is 12.6. The van der Waals surface area contributed by atoms with Gasteiger partial charge in [0.1, 0.15) is 11.6 Å². The smallest absolute Gasteiger partial charge is 0.258 e. The molecule has 0 aliphatic carbocycles. The molecule has 0 aliphatic rings. The third-order valence-electron chi connectivity index (χ3n) is 4.60. The quantitative estimate of drug-likeness (QED) is 0.222. The average Bonchev–Trinajstić information content (AvgIpc) is 3.19. The topological polar surface area (TPSA) is 103 Å². The molecule has 2 heterocycles. The highest BCUT2D eigenvalue weighted by molar-refractivity contribution is 7.99. The number of ether oxygens (including phenoxy) is 2. The minimum Gasteiger partial charge on any atom is -0.484 e. The van der Waals surface area contributed by atoms with Gasteiger partial charge in [-0.05, 0) is 26.0 Å². The van der Waals surface area contributed by atoms with E-state index in [4.69, 9.17) is 14.5 Å². The highest BCUT2D eigenvalue weighted by Crippen LogP contribution is 2.26.